The molecule has 3 nitrogen and oxygen atoms in total. The predicted octanol–water partition coefficient (Wildman–Crippen LogP) is 2.34. The summed E-state index contributed by atoms with van der Waals surface area (Å²) in [6, 6.07) is 5.30. The predicted molar refractivity (Wildman–Crippen MR) is 65.8 cm³/mol. The lowest BCUT2D eigenvalue weighted by Crippen LogP contribution is -2.31. The second kappa shape index (κ2) is 5.53. The van der Waals surface area contributed by atoms with E-state index in [0.717, 1.165) is 5.56 Å². The van der Waals surface area contributed by atoms with Gasteiger partial charge in [0.25, 0.3) is 0 Å². The van der Waals surface area contributed by atoms with E-state index in [1.54, 1.807) is 25.1 Å². The Balaban J connectivity index is 2.74. The second-order valence-corrected chi connectivity index (χ2v) is 4.53. The Morgan fingerprint density at radius 1 is 1.50 bits per heavy atom. The van der Waals surface area contributed by atoms with E-state index in [0.29, 0.717) is 23.7 Å². The largest absolute Gasteiger partial charge is 0.490 e. The van der Waals surface area contributed by atoms with Crippen molar-refractivity contribution >= 4 is 11.6 Å². The Bertz CT molecular complexity index is 353. The third kappa shape index (κ3) is 3.67. The molecule has 3 N–H and O–H groups in total. The highest BCUT2D eigenvalue weighted by atomic mass is 35.5. The highest BCUT2D eigenvalue weighted by molar-refractivity contribution is 6.30. The van der Waals surface area contributed by atoms with Crippen molar-refractivity contribution in [3.63, 3.8) is 0 Å². The maximum Gasteiger partial charge on any atom is 0.124 e. The van der Waals surface area contributed by atoms with Crippen LogP contribution in [0.3, 0.4) is 0 Å². The van der Waals surface area contributed by atoms with E-state index < -0.39 is 5.60 Å². The molecule has 0 heterocycles. The zero-order valence-electron chi connectivity index (χ0n) is 9.66. The van der Waals surface area contributed by atoms with Crippen molar-refractivity contribution in [2.75, 3.05) is 6.61 Å². The highest BCUT2D eigenvalue weighted by Crippen LogP contribution is 2.23. The smallest absolute Gasteiger partial charge is 0.124 e. The third-order valence-corrected chi connectivity index (χ3v) is 2.78. The zero-order chi connectivity index (χ0) is 12.2. The number of rotatable bonds is 5. The quantitative estimate of drug-likeness (QED) is 0.835. The van der Waals surface area contributed by atoms with Gasteiger partial charge in [-0.25, -0.2) is 0 Å². The van der Waals surface area contributed by atoms with E-state index in [4.69, 9.17) is 22.1 Å². The van der Waals surface area contributed by atoms with Crippen LogP contribution in [0.2, 0.25) is 5.02 Å². The van der Waals surface area contributed by atoms with Gasteiger partial charge in [0.15, 0.2) is 0 Å². The van der Waals surface area contributed by atoms with Crippen LogP contribution in [0.15, 0.2) is 18.2 Å². The Morgan fingerprint density at radius 3 is 2.75 bits per heavy atom. The molecule has 0 fully saturated rings. The molecular formula is C12H18ClNO2. The van der Waals surface area contributed by atoms with Gasteiger partial charge in [-0.1, -0.05) is 18.5 Å². The Labute approximate surface area is 101 Å². The average Bonchev–Trinajstić information content (AvgIpc) is 2.27. The van der Waals surface area contributed by atoms with Crippen LogP contribution >= 0.6 is 11.6 Å². The van der Waals surface area contributed by atoms with Gasteiger partial charge in [0, 0.05) is 17.1 Å². The number of hydrogen-bond acceptors (Lipinski definition) is 3. The Hall–Kier alpha value is -0.770. The lowest BCUT2D eigenvalue weighted by atomic mass is 10.1. The number of benzene rings is 1. The fraction of sp³-hybridized carbons (Fsp3) is 0.500. The second-order valence-electron chi connectivity index (χ2n) is 4.10. The number of halogens is 1. The van der Waals surface area contributed by atoms with E-state index >= 15 is 0 Å². The molecule has 4 heteroatoms. The molecule has 0 aliphatic heterocycles. The Kier molecular flexibility index (Phi) is 4.59. The maximum absolute atomic E-state index is 9.82. The molecule has 0 aliphatic carbocycles. The van der Waals surface area contributed by atoms with Crippen LogP contribution < -0.4 is 10.5 Å². The molecule has 0 aliphatic rings. The molecule has 0 spiro atoms. The maximum atomic E-state index is 9.82. The SMILES string of the molecule is CCC(C)(O)COc1ccc(Cl)cc1CN. The van der Waals surface area contributed by atoms with Crippen molar-refractivity contribution in [1.82, 2.24) is 0 Å². The normalized spacial score (nSPS) is 14.6. The van der Waals surface area contributed by atoms with Gasteiger partial charge < -0.3 is 15.6 Å². The minimum absolute atomic E-state index is 0.248. The van der Waals surface area contributed by atoms with Crippen LogP contribution in [0.1, 0.15) is 25.8 Å². The first-order chi connectivity index (χ1) is 7.48. The minimum atomic E-state index is -0.814. The first-order valence-corrected chi connectivity index (χ1v) is 5.70. The molecule has 1 rings (SSSR count). The molecule has 0 amide bonds. The lowest BCUT2D eigenvalue weighted by Gasteiger charge is -2.22. The summed E-state index contributed by atoms with van der Waals surface area (Å²) in [6.07, 6.45) is 0.637. The summed E-state index contributed by atoms with van der Waals surface area (Å²) in [5, 5.41) is 10.5. The van der Waals surface area contributed by atoms with Gasteiger partial charge in [-0.15, -0.1) is 0 Å². The zero-order valence-corrected chi connectivity index (χ0v) is 10.4. The van der Waals surface area contributed by atoms with Crippen molar-refractivity contribution in [3.05, 3.63) is 28.8 Å². The first kappa shape index (κ1) is 13.3. The summed E-state index contributed by atoms with van der Waals surface area (Å²) in [5.74, 6) is 0.681. The average molecular weight is 244 g/mol. The molecule has 1 unspecified atom stereocenters. The highest BCUT2D eigenvalue weighted by Gasteiger charge is 2.19. The van der Waals surface area contributed by atoms with Gasteiger partial charge in [-0.2, -0.15) is 0 Å². The molecule has 0 aromatic heterocycles. The summed E-state index contributed by atoms with van der Waals surface area (Å²) >= 11 is 5.85. The van der Waals surface area contributed by atoms with Crippen LogP contribution in [-0.4, -0.2) is 17.3 Å². The van der Waals surface area contributed by atoms with Gasteiger partial charge in [-0.05, 0) is 31.5 Å². The molecule has 0 radical (unpaired) electrons. The molecule has 1 aromatic rings. The van der Waals surface area contributed by atoms with Gasteiger partial charge in [0.1, 0.15) is 12.4 Å². The van der Waals surface area contributed by atoms with E-state index in [1.165, 1.54) is 0 Å². The van der Waals surface area contributed by atoms with E-state index in [9.17, 15) is 5.11 Å². The standard InChI is InChI=1S/C12H18ClNO2/c1-3-12(2,15)8-16-11-5-4-10(13)6-9(11)7-14/h4-6,15H,3,7-8,14H2,1-2H3. The van der Waals surface area contributed by atoms with Crippen LogP contribution in [-0.2, 0) is 6.54 Å². The monoisotopic (exact) mass is 243 g/mol. The summed E-state index contributed by atoms with van der Waals surface area (Å²) < 4.78 is 5.55. The molecule has 0 saturated carbocycles. The van der Waals surface area contributed by atoms with Crippen molar-refractivity contribution in [3.8, 4) is 5.75 Å². The Morgan fingerprint density at radius 2 is 2.19 bits per heavy atom. The van der Waals surface area contributed by atoms with Gasteiger partial charge in [-0.3, -0.25) is 0 Å². The van der Waals surface area contributed by atoms with Crippen molar-refractivity contribution in [2.45, 2.75) is 32.4 Å². The van der Waals surface area contributed by atoms with Gasteiger partial charge in [0.05, 0.1) is 5.60 Å². The molecule has 1 atom stereocenters. The number of hydrogen-bond donors (Lipinski definition) is 2. The molecule has 16 heavy (non-hydrogen) atoms. The summed E-state index contributed by atoms with van der Waals surface area (Å²) in [6.45, 7) is 4.27. The molecule has 90 valence electrons. The van der Waals surface area contributed by atoms with Crippen LogP contribution in [0.4, 0.5) is 0 Å². The summed E-state index contributed by atoms with van der Waals surface area (Å²) in [4.78, 5) is 0. The minimum Gasteiger partial charge on any atom is -0.490 e. The van der Waals surface area contributed by atoms with Gasteiger partial charge in [0.2, 0.25) is 0 Å². The fourth-order valence-electron chi connectivity index (χ4n) is 1.18. The van der Waals surface area contributed by atoms with Crippen LogP contribution in [0.25, 0.3) is 0 Å². The van der Waals surface area contributed by atoms with Crippen LogP contribution in [0, 0.1) is 0 Å². The van der Waals surface area contributed by atoms with Crippen molar-refractivity contribution < 1.29 is 9.84 Å². The van der Waals surface area contributed by atoms with Crippen molar-refractivity contribution in [1.29, 1.82) is 0 Å². The van der Waals surface area contributed by atoms with E-state index in [-0.39, 0.29) is 6.61 Å². The van der Waals surface area contributed by atoms with E-state index in [2.05, 4.69) is 0 Å². The molecular weight excluding hydrogens is 226 g/mol. The number of ether oxygens (including phenoxy) is 1. The number of nitrogens with two attached hydrogens (primary N) is 1. The third-order valence-electron chi connectivity index (χ3n) is 2.54. The first-order valence-electron chi connectivity index (χ1n) is 5.32. The molecule has 1 aromatic carbocycles. The van der Waals surface area contributed by atoms with Crippen molar-refractivity contribution in [2.24, 2.45) is 5.73 Å². The fourth-order valence-corrected chi connectivity index (χ4v) is 1.38. The summed E-state index contributed by atoms with van der Waals surface area (Å²) in [5.41, 5.74) is 5.62. The molecule has 0 saturated heterocycles. The molecule has 0 bridgehead atoms. The van der Waals surface area contributed by atoms with Crippen LogP contribution in [0.5, 0.6) is 5.75 Å². The van der Waals surface area contributed by atoms with E-state index in [1.807, 2.05) is 6.92 Å². The lowest BCUT2D eigenvalue weighted by molar-refractivity contribution is 0.00819. The topological polar surface area (TPSA) is 55.5 Å². The number of aliphatic hydroxyl groups is 1. The summed E-state index contributed by atoms with van der Waals surface area (Å²) in [7, 11) is 0. The van der Waals surface area contributed by atoms with Gasteiger partial charge >= 0.3 is 0 Å².